The number of rotatable bonds is 5. The zero-order valence-electron chi connectivity index (χ0n) is 14.1. The first-order valence-electron chi connectivity index (χ1n) is 7.85. The minimum absolute atomic E-state index is 0.0881. The summed E-state index contributed by atoms with van der Waals surface area (Å²) in [5.74, 6) is 0.396. The summed E-state index contributed by atoms with van der Waals surface area (Å²) < 4.78 is 10.4. The average Bonchev–Trinajstić information content (AvgIpc) is 3.04. The SMILES string of the molecule is COc1ccc(NC(=O)C2CC(=O)N(c3cccnc3)C2)c(OC)c1. The fourth-order valence-corrected chi connectivity index (χ4v) is 2.78. The zero-order chi connectivity index (χ0) is 17.8. The van der Waals surface area contributed by atoms with Crippen LogP contribution in [-0.2, 0) is 9.59 Å². The van der Waals surface area contributed by atoms with Crippen molar-refractivity contribution in [2.24, 2.45) is 5.92 Å². The highest BCUT2D eigenvalue weighted by atomic mass is 16.5. The summed E-state index contributed by atoms with van der Waals surface area (Å²) in [5.41, 5.74) is 1.24. The van der Waals surface area contributed by atoms with E-state index in [1.54, 1.807) is 54.7 Å². The van der Waals surface area contributed by atoms with Crippen LogP contribution in [0.15, 0.2) is 42.7 Å². The van der Waals surface area contributed by atoms with Gasteiger partial charge in [0.15, 0.2) is 0 Å². The maximum atomic E-state index is 12.6. The van der Waals surface area contributed by atoms with Crippen LogP contribution in [0.2, 0.25) is 0 Å². The Morgan fingerprint density at radius 1 is 1.28 bits per heavy atom. The van der Waals surface area contributed by atoms with Crippen LogP contribution < -0.4 is 19.7 Å². The number of carbonyl (C=O) groups excluding carboxylic acids is 2. The Kier molecular flexibility index (Phi) is 4.83. The molecule has 7 nitrogen and oxygen atoms in total. The molecule has 7 heteroatoms. The van der Waals surface area contributed by atoms with Crippen molar-refractivity contribution in [2.75, 3.05) is 31.0 Å². The molecule has 1 unspecified atom stereocenters. The number of nitrogens with zero attached hydrogens (tertiary/aromatic N) is 2. The van der Waals surface area contributed by atoms with Crippen LogP contribution in [0.25, 0.3) is 0 Å². The Balaban J connectivity index is 1.71. The van der Waals surface area contributed by atoms with Gasteiger partial charge in [0.1, 0.15) is 11.5 Å². The summed E-state index contributed by atoms with van der Waals surface area (Å²) >= 11 is 0. The van der Waals surface area contributed by atoms with E-state index < -0.39 is 5.92 Å². The van der Waals surface area contributed by atoms with Crippen molar-refractivity contribution in [3.63, 3.8) is 0 Å². The predicted octanol–water partition coefficient (Wildman–Crippen LogP) is 2.09. The van der Waals surface area contributed by atoms with Gasteiger partial charge in [-0.1, -0.05) is 0 Å². The lowest BCUT2D eigenvalue weighted by Gasteiger charge is -2.16. The van der Waals surface area contributed by atoms with Crippen molar-refractivity contribution in [3.05, 3.63) is 42.7 Å². The fourth-order valence-electron chi connectivity index (χ4n) is 2.78. The zero-order valence-corrected chi connectivity index (χ0v) is 14.1. The molecule has 2 amide bonds. The van der Waals surface area contributed by atoms with Crippen molar-refractivity contribution >= 4 is 23.2 Å². The second-order valence-electron chi connectivity index (χ2n) is 5.67. The Morgan fingerprint density at radius 2 is 2.12 bits per heavy atom. The summed E-state index contributed by atoms with van der Waals surface area (Å²) in [6.07, 6.45) is 3.42. The minimum Gasteiger partial charge on any atom is -0.497 e. The Labute approximate surface area is 145 Å². The van der Waals surface area contributed by atoms with E-state index in [2.05, 4.69) is 10.3 Å². The fraction of sp³-hybridized carbons (Fsp3) is 0.278. The van der Waals surface area contributed by atoms with Crippen molar-refractivity contribution in [2.45, 2.75) is 6.42 Å². The smallest absolute Gasteiger partial charge is 0.229 e. The van der Waals surface area contributed by atoms with Crippen molar-refractivity contribution in [3.8, 4) is 11.5 Å². The van der Waals surface area contributed by atoms with E-state index >= 15 is 0 Å². The highest BCUT2D eigenvalue weighted by molar-refractivity contribution is 6.03. The number of anilines is 2. The molecule has 1 aromatic carbocycles. The number of methoxy groups -OCH3 is 2. The maximum absolute atomic E-state index is 12.6. The summed E-state index contributed by atoms with van der Waals surface area (Å²) in [7, 11) is 3.08. The molecule has 1 aliphatic rings. The number of pyridine rings is 1. The largest absolute Gasteiger partial charge is 0.497 e. The average molecular weight is 341 g/mol. The van der Waals surface area contributed by atoms with Gasteiger partial charge in [-0.25, -0.2) is 0 Å². The molecule has 1 aliphatic heterocycles. The molecule has 2 heterocycles. The molecule has 1 aromatic heterocycles. The van der Waals surface area contributed by atoms with Crippen molar-refractivity contribution in [1.29, 1.82) is 0 Å². The standard InChI is InChI=1S/C18H19N3O4/c1-24-14-5-6-15(16(9-14)25-2)20-18(23)12-8-17(22)21(11-12)13-4-3-7-19-10-13/h3-7,9-10,12H,8,11H2,1-2H3,(H,20,23). The van der Waals surface area contributed by atoms with Gasteiger partial charge in [0.2, 0.25) is 11.8 Å². The van der Waals surface area contributed by atoms with Gasteiger partial charge in [0.25, 0.3) is 0 Å². The summed E-state index contributed by atoms with van der Waals surface area (Å²) in [6, 6.07) is 8.71. The molecule has 3 rings (SSSR count). The molecular weight excluding hydrogens is 322 g/mol. The number of hydrogen-bond donors (Lipinski definition) is 1. The summed E-state index contributed by atoms with van der Waals surface area (Å²) in [5, 5.41) is 2.83. The van der Waals surface area contributed by atoms with Crippen LogP contribution in [0.5, 0.6) is 11.5 Å². The molecular formula is C18H19N3O4. The highest BCUT2D eigenvalue weighted by Crippen LogP contribution is 2.31. The first-order valence-corrected chi connectivity index (χ1v) is 7.85. The van der Waals surface area contributed by atoms with Gasteiger partial charge < -0.3 is 19.7 Å². The predicted molar refractivity (Wildman–Crippen MR) is 92.9 cm³/mol. The van der Waals surface area contributed by atoms with E-state index in [0.717, 1.165) is 0 Å². The third-order valence-electron chi connectivity index (χ3n) is 4.12. The normalized spacial score (nSPS) is 16.6. The molecule has 130 valence electrons. The number of benzene rings is 1. The molecule has 2 aromatic rings. The van der Waals surface area contributed by atoms with Crippen LogP contribution in [0.4, 0.5) is 11.4 Å². The molecule has 25 heavy (non-hydrogen) atoms. The van der Waals surface area contributed by atoms with E-state index in [-0.39, 0.29) is 18.2 Å². The molecule has 1 fully saturated rings. The van der Waals surface area contributed by atoms with E-state index in [0.29, 0.717) is 29.4 Å². The number of ether oxygens (including phenoxy) is 2. The Hall–Kier alpha value is -3.09. The first kappa shape index (κ1) is 16.8. The molecule has 0 bridgehead atoms. The second kappa shape index (κ2) is 7.21. The molecule has 1 atom stereocenters. The number of carbonyl (C=O) groups is 2. The molecule has 0 spiro atoms. The van der Waals surface area contributed by atoms with Crippen LogP contribution in [0, 0.1) is 5.92 Å². The number of hydrogen-bond acceptors (Lipinski definition) is 5. The second-order valence-corrected chi connectivity index (χ2v) is 5.67. The highest BCUT2D eigenvalue weighted by Gasteiger charge is 2.35. The van der Waals surface area contributed by atoms with Gasteiger partial charge in [-0.15, -0.1) is 0 Å². The molecule has 0 aliphatic carbocycles. The lowest BCUT2D eigenvalue weighted by Crippen LogP contribution is -2.28. The molecule has 0 radical (unpaired) electrons. The van der Waals surface area contributed by atoms with E-state index in [1.807, 2.05) is 0 Å². The van der Waals surface area contributed by atoms with Crippen LogP contribution in [-0.4, -0.2) is 37.6 Å². The Morgan fingerprint density at radius 3 is 2.80 bits per heavy atom. The van der Waals surface area contributed by atoms with Crippen LogP contribution in [0.1, 0.15) is 6.42 Å². The lowest BCUT2D eigenvalue weighted by atomic mass is 10.1. The number of nitrogens with one attached hydrogen (secondary N) is 1. The van der Waals surface area contributed by atoms with Crippen molar-refractivity contribution < 1.29 is 19.1 Å². The Bertz CT molecular complexity index is 779. The maximum Gasteiger partial charge on any atom is 0.229 e. The molecule has 0 saturated carbocycles. The monoisotopic (exact) mass is 341 g/mol. The van der Waals surface area contributed by atoms with Gasteiger partial charge in [0.05, 0.1) is 37.7 Å². The van der Waals surface area contributed by atoms with Gasteiger partial charge in [-0.2, -0.15) is 0 Å². The van der Waals surface area contributed by atoms with Crippen molar-refractivity contribution in [1.82, 2.24) is 4.98 Å². The topological polar surface area (TPSA) is 80.8 Å². The van der Waals surface area contributed by atoms with Gasteiger partial charge in [0, 0.05) is 25.2 Å². The van der Waals surface area contributed by atoms with Crippen LogP contribution >= 0.6 is 0 Å². The number of aromatic nitrogens is 1. The molecule has 1 saturated heterocycles. The number of amides is 2. The first-order chi connectivity index (χ1) is 12.1. The minimum atomic E-state index is -0.431. The van der Waals surface area contributed by atoms with Crippen LogP contribution in [0.3, 0.4) is 0 Å². The van der Waals surface area contributed by atoms with Gasteiger partial charge in [-0.3, -0.25) is 14.6 Å². The van der Waals surface area contributed by atoms with Gasteiger partial charge >= 0.3 is 0 Å². The lowest BCUT2D eigenvalue weighted by molar-refractivity contribution is -0.122. The van der Waals surface area contributed by atoms with E-state index in [9.17, 15) is 9.59 Å². The van der Waals surface area contributed by atoms with E-state index in [4.69, 9.17) is 9.47 Å². The quantitative estimate of drug-likeness (QED) is 0.901. The van der Waals surface area contributed by atoms with Gasteiger partial charge in [-0.05, 0) is 24.3 Å². The van der Waals surface area contributed by atoms with E-state index in [1.165, 1.54) is 7.11 Å². The third-order valence-corrected chi connectivity index (χ3v) is 4.12. The molecule has 1 N–H and O–H groups in total. The summed E-state index contributed by atoms with van der Waals surface area (Å²) in [6.45, 7) is 0.328. The third kappa shape index (κ3) is 3.55. The summed E-state index contributed by atoms with van der Waals surface area (Å²) in [4.78, 5) is 30.4.